The number of allylic oxidation sites excluding steroid dienone is 1. The quantitative estimate of drug-likeness (QED) is 0.535. The van der Waals surface area contributed by atoms with Crippen molar-refractivity contribution >= 4 is 29.7 Å². The number of carboxylic acids is 1. The van der Waals surface area contributed by atoms with Crippen LogP contribution in [0.15, 0.2) is 48.5 Å². The van der Waals surface area contributed by atoms with Crippen molar-refractivity contribution in [1.29, 1.82) is 0 Å². The van der Waals surface area contributed by atoms with E-state index in [9.17, 15) is 9.59 Å². The fraction of sp³-hybridized carbons (Fsp3) is 0.280. The molecular formula is C25H26O4. The zero-order valence-electron chi connectivity index (χ0n) is 17.2. The number of fused-ring (bicyclic) bond motifs is 1. The Morgan fingerprint density at radius 3 is 2.28 bits per heavy atom. The summed E-state index contributed by atoms with van der Waals surface area (Å²) in [6, 6.07) is 12.9. The first-order valence-electron chi connectivity index (χ1n) is 9.75. The third-order valence-corrected chi connectivity index (χ3v) is 5.07. The van der Waals surface area contributed by atoms with Gasteiger partial charge >= 0.3 is 11.9 Å². The molecule has 0 aromatic heterocycles. The summed E-state index contributed by atoms with van der Waals surface area (Å²) in [4.78, 5) is 23.6. The minimum atomic E-state index is -0.939. The maximum Gasteiger partial charge on any atom is 0.338 e. The van der Waals surface area contributed by atoms with Crippen LogP contribution in [0.5, 0.6) is 0 Å². The molecule has 150 valence electrons. The largest absolute Gasteiger partial charge is 0.478 e. The second-order valence-corrected chi connectivity index (χ2v) is 8.23. The van der Waals surface area contributed by atoms with Gasteiger partial charge in [-0.3, -0.25) is 0 Å². The third-order valence-electron chi connectivity index (χ3n) is 5.07. The molecule has 1 aliphatic rings. The fourth-order valence-electron chi connectivity index (χ4n) is 3.46. The average molecular weight is 390 g/mol. The zero-order chi connectivity index (χ0) is 21.2. The van der Waals surface area contributed by atoms with Crippen molar-refractivity contribution in [2.24, 2.45) is 0 Å². The Kier molecular flexibility index (Phi) is 5.73. The number of hydrogen-bond acceptors (Lipinski definition) is 3. The predicted octanol–water partition coefficient (Wildman–Crippen LogP) is 5.57. The van der Waals surface area contributed by atoms with Crippen LogP contribution in [0.4, 0.5) is 0 Å². The molecule has 0 saturated carbocycles. The van der Waals surface area contributed by atoms with Crippen LogP contribution in [0.25, 0.3) is 17.7 Å². The second kappa shape index (κ2) is 8.08. The van der Waals surface area contributed by atoms with Crippen LogP contribution in [-0.4, -0.2) is 23.1 Å². The topological polar surface area (TPSA) is 63.6 Å². The summed E-state index contributed by atoms with van der Waals surface area (Å²) in [5, 5.41) is 9.00. The van der Waals surface area contributed by atoms with Gasteiger partial charge in [0.25, 0.3) is 0 Å². The van der Waals surface area contributed by atoms with Gasteiger partial charge in [-0.05, 0) is 66.1 Å². The van der Waals surface area contributed by atoms with E-state index in [1.165, 1.54) is 0 Å². The normalized spacial score (nSPS) is 15.1. The summed E-state index contributed by atoms with van der Waals surface area (Å²) in [6.45, 7) is 8.04. The van der Waals surface area contributed by atoms with Gasteiger partial charge in [-0.15, -0.1) is 0 Å². The molecule has 0 fully saturated rings. The molecular weight excluding hydrogens is 364 g/mol. The lowest BCUT2D eigenvalue weighted by Crippen LogP contribution is -2.25. The molecule has 1 N–H and O–H groups in total. The molecule has 0 saturated heterocycles. The monoisotopic (exact) mass is 390 g/mol. The van der Waals surface area contributed by atoms with Gasteiger partial charge in [-0.25, -0.2) is 9.59 Å². The standard InChI is InChI=1S/C25H26O4/c1-16(2)29-24(28)20-13-14-25(3,4)22-12-9-18(15-21(20)22)6-5-17-7-10-19(11-8-17)23(26)27/h5-13,15-16H,14H2,1-4H3,(H,26,27)/b6-5+. The molecule has 2 aromatic rings. The smallest absolute Gasteiger partial charge is 0.338 e. The van der Waals surface area contributed by atoms with Crippen LogP contribution in [0, 0.1) is 0 Å². The van der Waals surface area contributed by atoms with Crippen LogP contribution >= 0.6 is 0 Å². The molecule has 0 heterocycles. The molecule has 0 unspecified atom stereocenters. The van der Waals surface area contributed by atoms with Crippen LogP contribution in [0.2, 0.25) is 0 Å². The van der Waals surface area contributed by atoms with Gasteiger partial charge in [0.1, 0.15) is 0 Å². The lowest BCUT2D eigenvalue weighted by atomic mass is 9.73. The number of carbonyl (C=O) groups excluding carboxylic acids is 1. The maximum absolute atomic E-state index is 12.6. The van der Waals surface area contributed by atoms with Crippen LogP contribution in [0.3, 0.4) is 0 Å². The van der Waals surface area contributed by atoms with E-state index in [2.05, 4.69) is 19.9 Å². The molecule has 29 heavy (non-hydrogen) atoms. The molecule has 4 nitrogen and oxygen atoms in total. The molecule has 0 bridgehead atoms. The lowest BCUT2D eigenvalue weighted by molar-refractivity contribution is -0.140. The van der Waals surface area contributed by atoms with E-state index in [-0.39, 0.29) is 23.1 Å². The predicted molar refractivity (Wildman–Crippen MR) is 116 cm³/mol. The van der Waals surface area contributed by atoms with Gasteiger partial charge in [0.2, 0.25) is 0 Å². The Morgan fingerprint density at radius 1 is 1.03 bits per heavy atom. The SMILES string of the molecule is CC(C)OC(=O)C1=CCC(C)(C)c2ccc(/C=C/c3ccc(C(=O)O)cc3)cc21. The number of ether oxygens (including phenoxy) is 1. The third kappa shape index (κ3) is 4.65. The van der Waals surface area contributed by atoms with Gasteiger partial charge in [-0.1, -0.05) is 56.3 Å². The molecule has 0 amide bonds. The zero-order valence-corrected chi connectivity index (χ0v) is 17.2. The van der Waals surface area contributed by atoms with Gasteiger partial charge in [-0.2, -0.15) is 0 Å². The van der Waals surface area contributed by atoms with E-state index in [0.717, 1.165) is 28.7 Å². The number of benzene rings is 2. The highest BCUT2D eigenvalue weighted by atomic mass is 16.5. The van der Waals surface area contributed by atoms with Crippen molar-refractivity contribution in [2.75, 3.05) is 0 Å². The van der Waals surface area contributed by atoms with E-state index >= 15 is 0 Å². The molecule has 1 aliphatic carbocycles. The highest BCUT2D eigenvalue weighted by Crippen LogP contribution is 2.40. The Labute approximate surface area is 171 Å². The second-order valence-electron chi connectivity index (χ2n) is 8.23. The van der Waals surface area contributed by atoms with Crippen molar-refractivity contribution < 1.29 is 19.4 Å². The molecule has 4 heteroatoms. The maximum atomic E-state index is 12.6. The Hall–Kier alpha value is -3.14. The number of hydrogen-bond donors (Lipinski definition) is 1. The van der Waals surface area contributed by atoms with E-state index in [1.54, 1.807) is 24.3 Å². The summed E-state index contributed by atoms with van der Waals surface area (Å²) in [5.74, 6) is -1.23. The summed E-state index contributed by atoms with van der Waals surface area (Å²) >= 11 is 0. The van der Waals surface area contributed by atoms with E-state index in [4.69, 9.17) is 9.84 Å². The highest BCUT2D eigenvalue weighted by molar-refractivity contribution is 6.17. The van der Waals surface area contributed by atoms with Crippen LogP contribution < -0.4 is 0 Å². The van der Waals surface area contributed by atoms with E-state index in [1.807, 2.05) is 44.2 Å². The number of aromatic carboxylic acids is 1. The fourth-order valence-corrected chi connectivity index (χ4v) is 3.46. The Morgan fingerprint density at radius 2 is 1.66 bits per heavy atom. The van der Waals surface area contributed by atoms with Gasteiger partial charge in [0.15, 0.2) is 0 Å². The Bertz CT molecular complexity index is 992. The van der Waals surface area contributed by atoms with E-state index in [0.29, 0.717) is 5.57 Å². The minimum Gasteiger partial charge on any atom is -0.478 e. The first-order chi connectivity index (χ1) is 13.7. The lowest BCUT2D eigenvalue weighted by Gasteiger charge is -2.31. The van der Waals surface area contributed by atoms with Crippen molar-refractivity contribution in [3.8, 4) is 0 Å². The first kappa shape index (κ1) is 20.6. The summed E-state index contributed by atoms with van der Waals surface area (Å²) in [5.41, 5.74) is 4.75. The average Bonchev–Trinajstić information content (AvgIpc) is 2.66. The van der Waals surface area contributed by atoms with Crippen molar-refractivity contribution in [1.82, 2.24) is 0 Å². The van der Waals surface area contributed by atoms with E-state index < -0.39 is 5.97 Å². The van der Waals surface area contributed by atoms with Gasteiger partial charge in [0.05, 0.1) is 17.2 Å². The molecule has 0 aliphatic heterocycles. The number of esters is 1. The van der Waals surface area contributed by atoms with Crippen LogP contribution in [-0.2, 0) is 14.9 Å². The highest BCUT2D eigenvalue weighted by Gasteiger charge is 2.31. The number of carboxylic acid groups (broad SMARTS) is 1. The first-order valence-corrected chi connectivity index (χ1v) is 9.75. The van der Waals surface area contributed by atoms with Crippen molar-refractivity contribution in [2.45, 2.75) is 45.6 Å². The molecule has 0 atom stereocenters. The number of carbonyl (C=O) groups is 2. The molecule has 2 aromatic carbocycles. The summed E-state index contributed by atoms with van der Waals surface area (Å²) in [7, 11) is 0. The molecule has 0 radical (unpaired) electrons. The van der Waals surface area contributed by atoms with Gasteiger partial charge in [0, 0.05) is 0 Å². The molecule has 0 spiro atoms. The van der Waals surface area contributed by atoms with Gasteiger partial charge < -0.3 is 9.84 Å². The summed E-state index contributed by atoms with van der Waals surface area (Å²) in [6.07, 6.45) is 6.48. The van der Waals surface area contributed by atoms with Crippen molar-refractivity contribution in [3.63, 3.8) is 0 Å². The summed E-state index contributed by atoms with van der Waals surface area (Å²) < 4.78 is 5.44. The number of rotatable bonds is 5. The van der Waals surface area contributed by atoms with Crippen LogP contribution in [0.1, 0.15) is 66.7 Å². The van der Waals surface area contributed by atoms with Crippen molar-refractivity contribution in [3.05, 3.63) is 76.4 Å². The Balaban J connectivity index is 1.92. The molecule has 3 rings (SSSR count). The minimum absolute atomic E-state index is 0.0498.